The number of amides is 1. The smallest absolute Gasteiger partial charge is 0.231 e. The number of hydrogen-bond donors (Lipinski definition) is 1. The minimum Gasteiger partial charge on any atom is -0.309 e. The Morgan fingerprint density at radius 3 is 2.83 bits per heavy atom. The van der Waals surface area contributed by atoms with Crippen molar-refractivity contribution >= 4 is 11.7 Å². The van der Waals surface area contributed by atoms with Gasteiger partial charge in [-0.25, -0.2) is 0 Å². The van der Waals surface area contributed by atoms with E-state index in [1.54, 1.807) is 7.05 Å². The number of aromatic nitrogens is 2. The minimum atomic E-state index is -0.253. The van der Waals surface area contributed by atoms with Crippen LogP contribution in [-0.2, 0) is 11.8 Å². The monoisotopic (exact) mass is 246 g/mol. The van der Waals surface area contributed by atoms with Gasteiger partial charge in [-0.15, -0.1) is 0 Å². The number of nitrogens with zero attached hydrogens (tertiary/aromatic N) is 3. The van der Waals surface area contributed by atoms with E-state index in [0.717, 1.165) is 32.1 Å². The van der Waals surface area contributed by atoms with Crippen LogP contribution in [0.4, 0.5) is 5.82 Å². The molecule has 1 fully saturated rings. The number of hydrogen-bond acceptors (Lipinski definition) is 3. The lowest BCUT2D eigenvalue weighted by Crippen LogP contribution is -2.34. The zero-order valence-electron chi connectivity index (χ0n) is 10.9. The number of carbonyl (C=O) groups excluding carboxylic acids is 1. The second kappa shape index (κ2) is 4.81. The number of nitrogens with one attached hydrogen (secondary N) is 1. The lowest BCUT2D eigenvalue weighted by molar-refractivity contribution is -0.125. The summed E-state index contributed by atoms with van der Waals surface area (Å²) in [4.78, 5) is 12.4. The van der Waals surface area contributed by atoms with E-state index >= 15 is 0 Å². The van der Waals surface area contributed by atoms with E-state index in [1.807, 2.05) is 6.07 Å². The van der Waals surface area contributed by atoms with Crippen LogP contribution in [0.15, 0.2) is 6.20 Å². The highest BCUT2D eigenvalue weighted by atomic mass is 16.2. The van der Waals surface area contributed by atoms with Crippen LogP contribution in [0.1, 0.15) is 44.6 Å². The van der Waals surface area contributed by atoms with Crippen LogP contribution in [0.25, 0.3) is 0 Å². The molecule has 0 bridgehead atoms. The molecular weight excluding hydrogens is 228 g/mol. The molecule has 2 rings (SSSR count). The van der Waals surface area contributed by atoms with Crippen LogP contribution in [0.5, 0.6) is 0 Å². The molecule has 96 valence electrons. The molecule has 0 atom stereocenters. The van der Waals surface area contributed by atoms with E-state index in [1.165, 1.54) is 10.9 Å². The fraction of sp³-hybridized carbons (Fsp3) is 0.615. The van der Waals surface area contributed by atoms with Gasteiger partial charge in [-0.2, -0.15) is 10.4 Å². The SMILES string of the molecule is CCC1(C(=O)Nc2c(C#N)cnn2C)CCCC1. The summed E-state index contributed by atoms with van der Waals surface area (Å²) in [6.45, 7) is 2.05. The van der Waals surface area contributed by atoms with Gasteiger partial charge in [0.1, 0.15) is 17.5 Å². The average molecular weight is 246 g/mol. The molecule has 1 aromatic heterocycles. The van der Waals surface area contributed by atoms with Crippen molar-refractivity contribution in [1.29, 1.82) is 5.26 Å². The van der Waals surface area contributed by atoms with Gasteiger partial charge in [0.25, 0.3) is 0 Å². The van der Waals surface area contributed by atoms with Crippen molar-refractivity contribution in [3.8, 4) is 6.07 Å². The summed E-state index contributed by atoms with van der Waals surface area (Å²) in [5.74, 6) is 0.532. The van der Waals surface area contributed by atoms with Crippen molar-refractivity contribution in [2.75, 3.05) is 5.32 Å². The highest BCUT2D eigenvalue weighted by Crippen LogP contribution is 2.41. The normalized spacial score (nSPS) is 17.4. The molecule has 1 aliphatic rings. The molecule has 1 aliphatic carbocycles. The minimum absolute atomic E-state index is 0.0302. The Bertz CT molecular complexity index is 492. The molecule has 0 spiro atoms. The van der Waals surface area contributed by atoms with Gasteiger partial charge in [0.05, 0.1) is 6.20 Å². The maximum Gasteiger partial charge on any atom is 0.231 e. The predicted octanol–water partition coefficient (Wildman–Crippen LogP) is 2.20. The van der Waals surface area contributed by atoms with Crippen molar-refractivity contribution in [1.82, 2.24) is 9.78 Å². The van der Waals surface area contributed by atoms with E-state index < -0.39 is 0 Å². The molecule has 5 nitrogen and oxygen atoms in total. The van der Waals surface area contributed by atoms with Crippen LogP contribution < -0.4 is 5.32 Å². The molecule has 1 amide bonds. The van der Waals surface area contributed by atoms with Gasteiger partial charge >= 0.3 is 0 Å². The van der Waals surface area contributed by atoms with Crippen molar-refractivity contribution < 1.29 is 4.79 Å². The zero-order valence-corrected chi connectivity index (χ0v) is 10.9. The van der Waals surface area contributed by atoms with Crippen LogP contribution in [0, 0.1) is 16.7 Å². The number of rotatable bonds is 3. The standard InChI is InChI=1S/C13H18N4O/c1-3-13(6-4-5-7-13)12(18)16-11-10(8-14)9-15-17(11)2/h9H,3-7H2,1-2H3,(H,16,18). The van der Waals surface area contributed by atoms with Crippen molar-refractivity contribution in [2.45, 2.75) is 39.0 Å². The third kappa shape index (κ3) is 1.99. The molecule has 18 heavy (non-hydrogen) atoms. The van der Waals surface area contributed by atoms with E-state index in [2.05, 4.69) is 17.3 Å². The third-order valence-electron chi connectivity index (χ3n) is 4.01. The lowest BCUT2D eigenvalue weighted by Gasteiger charge is -2.25. The van der Waals surface area contributed by atoms with E-state index in [4.69, 9.17) is 5.26 Å². The Labute approximate surface area is 107 Å². The second-order valence-corrected chi connectivity index (χ2v) is 4.94. The van der Waals surface area contributed by atoms with Crippen LogP contribution in [0.3, 0.4) is 0 Å². The fourth-order valence-electron chi connectivity index (χ4n) is 2.70. The van der Waals surface area contributed by atoms with Crippen molar-refractivity contribution in [3.63, 3.8) is 0 Å². The van der Waals surface area contributed by atoms with Gasteiger partial charge in [0.15, 0.2) is 0 Å². The first-order valence-corrected chi connectivity index (χ1v) is 6.36. The highest BCUT2D eigenvalue weighted by molar-refractivity contribution is 5.95. The molecule has 5 heteroatoms. The first kappa shape index (κ1) is 12.6. The Morgan fingerprint density at radius 1 is 1.61 bits per heavy atom. The van der Waals surface area contributed by atoms with Crippen LogP contribution in [0.2, 0.25) is 0 Å². The average Bonchev–Trinajstić information content (AvgIpc) is 2.98. The van der Waals surface area contributed by atoms with Gasteiger partial charge in [-0.05, 0) is 19.3 Å². The number of carbonyl (C=O) groups is 1. The lowest BCUT2D eigenvalue weighted by atomic mass is 9.82. The zero-order chi connectivity index (χ0) is 13.2. The Kier molecular flexibility index (Phi) is 3.37. The Morgan fingerprint density at radius 2 is 2.28 bits per heavy atom. The van der Waals surface area contributed by atoms with Crippen LogP contribution in [-0.4, -0.2) is 15.7 Å². The highest BCUT2D eigenvalue weighted by Gasteiger charge is 2.39. The van der Waals surface area contributed by atoms with Gasteiger partial charge < -0.3 is 5.32 Å². The molecule has 0 aliphatic heterocycles. The molecule has 0 unspecified atom stereocenters. The molecule has 1 N–H and O–H groups in total. The van der Waals surface area contributed by atoms with Crippen molar-refractivity contribution in [2.24, 2.45) is 12.5 Å². The Hall–Kier alpha value is -1.83. The van der Waals surface area contributed by atoms with Crippen molar-refractivity contribution in [3.05, 3.63) is 11.8 Å². The predicted molar refractivity (Wildman–Crippen MR) is 67.7 cm³/mol. The maximum absolute atomic E-state index is 12.4. The fourth-order valence-corrected chi connectivity index (χ4v) is 2.70. The van der Waals surface area contributed by atoms with Gasteiger partial charge in [0.2, 0.25) is 5.91 Å². The third-order valence-corrected chi connectivity index (χ3v) is 4.01. The van der Waals surface area contributed by atoms with E-state index in [-0.39, 0.29) is 11.3 Å². The number of nitriles is 1. The van der Waals surface area contributed by atoms with Gasteiger partial charge in [-0.3, -0.25) is 9.48 Å². The molecule has 1 saturated carbocycles. The van der Waals surface area contributed by atoms with Crippen LogP contribution >= 0.6 is 0 Å². The topological polar surface area (TPSA) is 70.7 Å². The summed E-state index contributed by atoms with van der Waals surface area (Å²) < 4.78 is 1.54. The molecule has 0 saturated heterocycles. The molecule has 1 heterocycles. The second-order valence-electron chi connectivity index (χ2n) is 4.94. The van der Waals surface area contributed by atoms with Gasteiger partial charge in [-0.1, -0.05) is 19.8 Å². The van der Waals surface area contributed by atoms with E-state index in [9.17, 15) is 4.79 Å². The maximum atomic E-state index is 12.4. The summed E-state index contributed by atoms with van der Waals surface area (Å²) in [7, 11) is 1.73. The summed E-state index contributed by atoms with van der Waals surface area (Å²) in [6.07, 6.45) is 6.42. The Balaban J connectivity index is 2.21. The number of anilines is 1. The quantitative estimate of drug-likeness (QED) is 0.888. The molecular formula is C13H18N4O. The summed E-state index contributed by atoms with van der Waals surface area (Å²) in [5, 5.41) is 15.9. The summed E-state index contributed by atoms with van der Waals surface area (Å²) >= 11 is 0. The molecule has 0 aromatic carbocycles. The largest absolute Gasteiger partial charge is 0.309 e. The summed E-state index contributed by atoms with van der Waals surface area (Å²) in [6, 6.07) is 2.04. The molecule has 1 aromatic rings. The molecule has 0 radical (unpaired) electrons. The summed E-state index contributed by atoms with van der Waals surface area (Å²) in [5.41, 5.74) is 0.159. The van der Waals surface area contributed by atoms with Gasteiger partial charge in [0, 0.05) is 12.5 Å². The first-order valence-electron chi connectivity index (χ1n) is 6.36. The van der Waals surface area contributed by atoms with E-state index in [0.29, 0.717) is 11.4 Å². The number of aryl methyl sites for hydroxylation is 1. The first-order chi connectivity index (χ1) is 8.63.